The Hall–Kier alpha value is -1.33. The minimum Gasteiger partial charge on any atom is -0.398 e. The number of rotatable bonds is 2. The van der Waals surface area contributed by atoms with Gasteiger partial charge in [-0.1, -0.05) is 17.1 Å². The lowest BCUT2D eigenvalue weighted by molar-refractivity contribution is -0.107. The monoisotopic (exact) mass is 262 g/mol. The fourth-order valence-electron chi connectivity index (χ4n) is 0.923. The van der Waals surface area contributed by atoms with E-state index in [4.69, 9.17) is 29.2 Å². The van der Waals surface area contributed by atoms with Gasteiger partial charge in [0.15, 0.2) is 0 Å². The number of hydrogen-bond donors (Lipinski definition) is 4. The molecule has 0 spiro atoms. The van der Waals surface area contributed by atoms with Crippen molar-refractivity contribution in [3.8, 4) is 0 Å². The minimum absolute atomic E-state index is 0.558. The number of aliphatic hydroxyl groups is 2. The predicted molar refractivity (Wildman–Crippen MR) is 81.5 cm³/mol. The maximum absolute atomic E-state index is 9.10. The van der Waals surface area contributed by atoms with Crippen molar-refractivity contribution in [1.82, 2.24) is 0 Å². The van der Waals surface area contributed by atoms with E-state index in [-0.39, 0.29) is 0 Å². The Balaban J connectivity index is 0.000000362. The molecule has 1 aromatic rings. The Kier molecular flexibility index (Phi) is 5.78. The molecule has 1 aromatic carbocycles. The number of anilines is 1. The van der Waals surface area contributed by atoms with Crippen LogP contribution in [0, 0.1) is 12.3 Å². The SMILES string of the molecule is CC(C)(O)C(C)(C)O.[B]c1c(C)ccc(N)c1C=N. The van der Waals surface area contributed by atoms with Gasteiger partial charge >= 0.3 is 0 Å². The summed E-state index contributed by atoms with van der Waals surface area (Å²) in [4.78, 5) is 0. The average Bonchev–Trinajstić information content (AvgIpc) is 2.23. The highest BCUT2D eigenvalue weighted by Gasteiger charge is 2.31. The summed E-state index contributed by atoms with van der Waals surface area (Å²) < 4.78 is 0. The second-order valence-corrected chi connectivity index (χ2v) is 5.56. The van der Waals surface area contributed by atoms with Crippen LogP contribution in [0.5, 0.6) is 0 Å². The third-order valence-electron chi connectivity index (χ3n) is 3.18. The Morgan fingerprint density at radius 2 is 1.58 bits per heavy atom. The molecular formula is C14H23BN2O2. The zero-order chi connectivity index (χ0) is 15.4. The largest absolute Gasteiger partial charge is 0.398 e. The van der Waals surface area contributed by atoms with Crippen LogP contribution in [0.3, 0.4) is 0 Å². The van der Waals surface area contributed by atoms with E-state index in [0.717, 1.165) is 5.56 Å². The lowest BCUT2D eigenvalue weighted by atomic mass is 9.86. The van der Waals surface area contributed by atoms with Crippen molar-refractivity contribution in [1.29, 1.82) is 5.41 Å². The van der Waals surface area contributed by atoms with Gasteiger partial charge in [-0.15, -0.1) is 0 Å². The van der Waals surface area contributed by atoms with E-state index in [9.17, 15) is 0 Å². The van der Waals surface area contributed by atoms with E-state index in [1.54, 1.807) is 33.8 Å². The number of benzene rings is 1. The topological polar surface area (TPSA) is 90.3 Å². The van der Waals surface area contributed by atoms with Crippen LogP contribution in [0.1, 0.15) is 38.8 Å². The van der Waals surface area contributed by atoms with Crippen LogP contribution in [-0.2, 0) is 0 Å². The Morgan fingerprint density at radius 1 is 1.16 bits per heavy atom. The van der Waals surface area contributed by atoms with Crippen LogP contribution in [0.15, 0.2) is 12.1 Å². The minimum atomic E-state index is -1.01. The summed E-state index contributed by atoms with van der Waals surface area (Å²) in [7, 11) is 5.66. The Morgan fingerprint density at radius 3 is 1.84 bits per heavy atom. The molecule has 0 aliphatic heterocycles. The van der Waals surface area contributed by atoms with Crippen molar-refractivity contribution in [2.45, 2.75) is 45.8 Å². The lowest BCUT2D eigenvalue weighted by Gasteiger charge is -2.31. The van der Waals surface area contributed by atoms with E-state index in [0.29, 0.717) is 16.7 Å². The molecule has 0 atom stereocenters. The van der Waals surface area contributed by atoms with Gasteiger partial charge in [0.2, 0.25) is 0 Å². The van der Waals surface area contributed by atoms with Gasteiger partial charge in [0.05, 0.1) is 11.2 Å². The molecule has 0 fully saturated rings. The van der Waals surface area contributed by atoms with E-state index < -0.39 is 11.2 Å². The molecular weight excluding hydrogens is 239 g/mol. The van der Waals surface area contributed by atoms with Gasteiger partial charge < -0.3 is 21.4 Å². The quantitative estimate of drug-likeness (QED) is 0.362. The molecule has 5 heteroatoms. The summed E-state index contributed by atoms with van der Waals surface area (Å²) in [6.45, 7) is 8.20. The summed E-state index contributed by atoms with van der Waals surface area (Å²) in [5.41, 5.74) is 6.28. The van der Waals surface area contributed by atoms with Gasteiger partial charge in [-0.3, -0.25) is 0 Å². The van der Waals surface area contributed by atoms with E-state index >= 15 is 0 Å². The highest BCUT2D eigenvalue weighted by atomic mass is 16.3. The van der Waals surface area contributed by atoms with Crippen molar-refractivity contribution in [3.05, 3.63) is 23.3 Å². The summed E-state index contributed by atoms with van der Waals surface area (Å²) in [6, 6.07) is 3.60. The molecule has 1 rings (SSSR count). The van der Waals surface area contributed by atoms with Crippen LogP contribution >= 0.6 is 0 Å². The van der Waals surface area contributed by atoms with Gasteiger partial charge in [-0.25, -0.2) is 0 Å². The molecule has 4 nitrogen and oxygen atoms in total. The highest BCUT2D eigenvalue weighted by Crippen LogP contribution is 2.19. The standard InChI is InChI=1S/C8H9BN2.C6H14O2/c1-5-2-3-7(11)6(4-10)8(5)9;1-5(2,7)6(3,4)8/h2-4,10H,11H2,1H3;7-8H,1-4H3. The lowest BCUT2D eigenvalue weighted by Crippen LogP contribution is -2.44. The maximum Gasteiger partial charge on any atom is 0.115 e. The van der Waals surface area contributed by atoms with Crippen molar-refractivity contribution < 1.29 is 10.2 Å². The fraction of sp³-hybridized carbons (Fsp3) is 0.500. The molecule has 19 heavy (non-hydrogen) atoms. The van der Waals surface area contributed by atoms with Crippen LogP contribution in [-0.4, -0.2) is 35.5 Å². The molecule has 5 N–H and O–H groups in total. The predicted octanol–water partition coefficient (Wildman–Crippen LogP) is 0.897. The molecule has 0 amide bonds. The molecule has 0 heterocycles. The molecule has 0 bridgehead atoms. The second-order valence-electron chi connectivity index (χ2n) is 5.56. The van der Waals surface area contributed by atoms with Crippen molar-refractivity contribution >= 4 is 25.2 Å². The molecule has 104 valence electrons. The van der Waals surface area contributed by atoms with Gasteiger partial charge in [0.1, 0.15) is 7.85 Å². The second kappa shape index (κ2) is 6.22. The molecule has 2 radical (unpaired) electrons. The Labute approximate surface area is 116 Å². The number of nitrogens with one attached hydrogen (secondary N) is 1. The van der Waals surface area contributed by atoms with E-state index in [1.807, 2.05) is 13.0 Å². The van der Waals surface area contributed by atoms with Crippen molar-refractivity contribution in [2.75, 3.05) is 5.73 Å². The third kappa shape index (κ3) is 5.05. The first-order valence-corrected chi connectivity index (χ1v) is 6.01. The van der Waals surface area contributed by atoms with Crippen LogP contribution in [0.25, 0.3) is 0 Å². The number of nitrogens with two attached hydrogens (primary N) is 1. The summed E-state index contributed by atoms with van der Waals surface area (Å²) >= 11 is 0. The summed E-state index contributed by atoms with van der Waals surface area (Å²) in [6.07, 6.45) is 1.18. The zero-order valence-electron chi connectivity index (χ0n) is 12.3. The smallest absolute Gasteiger partial charge is 0.115 e. The number of hydrogen-bond acceptors (Lipinski definition) is 4. The summed E-state index contributed by atoms with van der Waals surface area (Å²) in [5.74, 6) is 0. The van der Waals surface area contributed by atoms with Gasteiger partial charge in [-0.2, -0.15) is 0 Å². The third-order valence-corrected chi connectivity index (χ3v) is 3.18. The van der Waals surface area contributed by atoms with E-state index in [2.05, 4.69) is 0 Å². The Bertz CT molecular complexity index is 434. The van der Waals surface area contributed by atoms with Crippen LogP contribution < -0.4 is 11.2 Å². The fourth-order valence-corrected chi connectivity index (χ4v) is 0.923. The average molecular weight is 262 g/mol. The molecule has 0 aromatic heterocycles. The van der Waals surface area contributed by atoms with Crippen molar-refractivity contribution in [3.63, 3.8) is 0 Å². The first kappa shape index (κ1) is 17.7. The zero-order valence-corrected chi connectivity index (χ0v) is 12.3. The number of nitrogen functional groups attached to an aromatic ring is 1. The van der Waals surface area contributed by atoms with Crippen LogP contribution in [0.4, 0.5) is 5.69 Å². The van der Waals surface area contributed by atoms with Gasteiger partial charge in [-0.05, 0) is 40.7 Å². The van der Waals surface area contributed by atoms with Gasteiger partial charge in [0, 0.05) is 17.5 Å². The molecule has 0 saturated heterocycles. The molecule has 0 aliphatic carbocycles. The van der Waals surface area contributed by atoms with Crippen LogP contribution in [0.2, 0.25) is 0 Å². The van der Waals surface area contributed by atoms with Gasteiger partial charge in [0.25, 0.3) is 0 Å². The normalized spacial score (nSPS) is 11.5. The molecule has 0 saturated carbocycles. The van der Waals surface area contributed by atoms with Crippen molar-refractivity contribution in [2.24, 2.45) is 0 Å². The first-order chi connectivity index (χ1) is 8.41. The number of aryl methyl sites for hydroxylation is 1. The highest BCUT2D eigenvalue weighted by molar-refractivity contribution is 6.37. The maximum atomic E-state index is 9.10. The summed E-state index contributed by atoms with van der Waals surface area (Å²) in [5, 5.41) is 25.2. The first-order valence-electron chi connectivity index (χ1n) is 6.01. The molecule has 0 unspecified atom stereocenters. The van der Waals surface area contributed by atoms with E-state index in [1.165, 1.54) is 6.21 Å². The molecule has 0 aliphatic rings.